The van der Waals surface area contributed by atoms with Crippen LogP contribution >= 0.6 is 11.6 Å². The monoisotopic (exact) mass is 324 g/mol. The van der Waals surface area contributed by atoms with Gasteiger partial charge in [0.2, 0.25) is 0 Å². The fraction of sp³-hybridized carbons (Fsp3) is 0.200. The Balaban J connectivity index is 2.26. The summed E-state index contributed by atoms with van der Waals surface area (Å²) in [5, 5.41) is 0.138. The molecule has 0 bridgehead atoms. The van der Waals surface area contributed by atoms with Gasteiger partial charge in [-0.15, -0.1) is 0 Å². The normalized spacial score (nSPS) is 11.3. The van der Waals surface area contributed by atoms with E-state index in [1.54, 1.807) is 18.2 Å². The van der Waals surface area contributed by atoms with Crippen LogP contribution in [0.5, 0.6) is 0 Å². The molecule has 0 aliphatic heterocycles. The third kappa shape index (κ3) is 3.89. The molecule has 0 aliphatic rings. The Morgan fingerprint density at radius 2 is 1.81 bits per heavy atom. The molecule has 0 aliphatic carbocycles. The molecular weight excluding hydrogens is 308 g/mol. The number of nitrogens with one attached hydrogen (secondary N) is 1. The molecule has 0 aromatic heterocycles. The first-order valence-corrected chi connectivity index (χ1v) is 8.45. The van der Waals surface area contributed by atoms with Gasteiger partial charge in [0.1, 0.15) is 4.90 Å². The second-order valence-corrected chi connectivity index (χ2v) is 6.80. The average molecular weight is 325 g/mol. The van der Waals surface area contributed by atoms with Crippen LogP contribution in [0.2, 0.25) is 5.02 Å². The number of rotatable bonds is 5. The number of nitrogens with two attached hydrogens (primary N) is 1. The minimum atomic E-state index is -3.75. The van der Waals surface area contributed by atoms with Crippen LogP contribution in [-0.2, 0) is 16.4 Å². The summed E-state index contributed by atoms with van der Waals surface area (Å²) in [6, 6.07) is 11.7. The van der Waals surface area contributed by atoms with Gasteiger partial charge in [-0.1, -0.05) is 37.1 Å². The Morgan fingerprint density at radius 1 is 1.14 bits per heavy atom. The van der Waals surface area contributed by atoms with Crippen molar-refractivity contribution in [1.29, 1.82) is 0 Å². The smallest absolute Gasteiger partial charge is 0.263 e. The Morgan fingerprint density at radius 3 is 2.43 bits per heavy atom. The Hall–Kier alpha value is -1.72. The van der Waals surface area contributed by atoms with Gasteiger partial charge in [0.05, 0.1) is 5.02 Å². The molecule has 4 nitrogen and oxygen atoms in total. The molecule has 2 aromatic rings. The van der Waals surface area contributed by atoms with Gasteiger partial charge in [-0.3, -0.25) is 4.72 Å². The number of anilines is 2. The molecule has 112 valence electrons. The molecular formula is C15H17ClN2O2S. The van der Waals surface area contributed by atoms with Gasteiger partial charge in [0.15, 0.2) is 0 Å². The van der Waals surface area contributed by atoms with Crippen molar-refractivity contribution in [3.05, 3.63) is 53.1 Å². The predicted molar refractivity (Wildman–Crippen MR) is 87.1 cm³/mol. The Kier molecular flexibility index (Phi) is 4.75. The summed E-state index contributed by atoms with van der Waals surface area (Å²) in [5.74, 6) is 0. The minimum absolute atomic E-state index is 0.0261. The van der Waals surface area contributed by atoms with Gasteiger partial charge < -0.3 is 5.73 Å². The summed E-state index contributed by atoms with van der Waals surface area (Å²) in [7, 11) is -3.75. The Bertz CT molecular complexity index is 728. The Labute approximate surface area is 130 Å². The van der Waals surface area contributed by atoms with E-state index < -0.39 is 10.0 Å². The van der Waals surface area contributed by atoms with E-state index in [4.69, 9.17) is 17.3 Å². The van der Waals surface area contributed by atoms with Crippen LogP contribution in [-0.4, -0.2) is 8.42 Å². The van der Waals surface area contributed by atoms with Crippen LogP contribution in [0.4, 0.5) is 11.4 Å². The predicted octanol–water partition coefficient (Wildman–Crippen LogP) is 3.68. The second kappa shape index (κ2) is 6.37. The van der Waals surface area contributed by atoms with Crippen molar-refractivity contribution in [2.75, 3.05) is 10.5 Å². The van der Waals surface area contributed by atoms with E-state index in [1.165, 1.54) is 17.7 Å². The number of halogens is 1. The number of benzene rings is 2. The van der Waals surface area contributed by atoms with Crippen LogP contribution in [0, 0.1) is 0 Å². The zero-order valence-electron chi connectivity index (χ0n) is 11.6. The van der Waals surface area contributed by atoms with Gasteiger partial charge in [-0.2, -0.15) is 0 Å². The first-order valence-electron chi connectivity index (χ1n) is 6.59. The lowest BCUT2D eigenvalue weighted by molar-refractivity contribution is 0.601. The van der Waals surface area contributed by atoms with Crippen LogP contribution in [0.3, 0.4) is 0 Å². The highest BCUT2D eigenvalue weighted by atomic mass is 35.5. The van der Waals surface area contributed by atoms with Crippen LogP contribution in [0.1, 0.15) is 18.9 Å². The highest BCUT2D eigenvalue weighted by Gasteiger charge is 2.18. The summed E-state index contributed by atoms with van der Waals surface area (Å²) >= 11 is 5.94. The van der Waals surface area contributed by atoms with Crippen molar-refractivity contribution in [2.24, 2.45) is 0 Å². The number of sulfonamides is 1. The highest BCUT2D eigenvalue weighted by molar-refractivity contribution is 7.92. The van der Waals surface area contributed by atoms with E-state index in [0.29, 0.717) is 11.4 Å². The molecule has 0 amide bonds. The molecule has 0 fully saturated rings. The first kappa shape index (κ1) is 15.7. The SMILES string of the molecule is CCCc1ccc(NS(=O)(=O)c2cc(N)ccc2Cl)cc1. The summed E-state index contributed by atoms with van der Waals surface area (Å²) in [6.07, 6.45) is 2.01. The lowest BCUT2D eigenvalue weighted by Crippen LogP contribution is -2.13. The van der Waals surface area contributed by atoms with Gasteiger partial charge in [0, 0.05) is 11.4 Å². The standard InChI is InChI=1S/C15H17ClN2O2S/c1-2-3-11-4-7-13(8-5-11)18-21(19,20)15-10-12(17)6-9-14(15)16/h4-10,18H,2-3,17H2,1H3. The van der Waals surface area contributed by atoms with Crippen molar-refractivity contribution in [1.82, 2.24) is 0 Å². The van der Waals surface area contributed by atoms with Crippen molar-refractivity contribution in [3.63, 3.8) is 0 Å². The van der Waals surface area contributed by atoms with E-state index in [0.717, 1.165) is 12.8 Å². The molecule has 0 spiro atoms. The third-order valence-corrected chi connectivity index (χ3v) is 4.85. The molecule has 0 unspecified atom stereocenters. The van der Waals surface area contributed by atoms with Crippen molar-refractivity contribution < 1.29 is 8.42 Å². The van der Waals surface area contributed by atoms with Crippen molar-refractivity contribution in [2.45, 2.75) is 24.7 Å². The lowest BCUT2D eigenvalue weighted by Gasteiger charge is -2.10. The van der Waals surface area contributed by atoms with Crippen molar-refractivity contribution in [3.8, 4) is 0 Å². The van der Waals surface area contributed by atoms with Gasteiger partial charge in [-0.25, -0.2) is 8.42 Å². The molecule has 0 radical (unpaired) electrons. The summed E-state index contributed by atoms with van der Waals surface area (Å²) in [4.78, 5) is -0.0261. The number of hydrogen-bond donors (Lipinski definition) is 2. The highest BCUT2D eigenvalue weighted by Crippen LogP contribution is 2.26. The summed E-state index contributed by atoms with van der Waals surface area (Å²) in [6.45, 7) is 2.10. The topological polar surface area (TPSA) is 72.2 Å². The molecule has 6 heteroatoms. The second-order valence-electron chi connectivity index (χ2n) is 4.74. The van der Waals surface area contributed by atoms with E-state index in [1.807, 2.05) is 12.1 Å². The molecule has 0 saturated heterocycles. The fourth-order valence-corrected chi connectivity index (χ4v) is 3.56. The van der Waals surface area contributed by atoms with Gasteiger partial charge in [-0.05, 0) is 42.3 Å². The maximum Gasteiger partial charge on any atom is 0.263 e. The average Bonchev–Trinajstić information content (AvgIpc) is 2.43. The maximum atomic E-state index is 12.3. The lowest BCUT2D eigenvalue weighted by atomic mass is 10.1. The number of nitrogen functional groups attached to an aromatic ring is 1. The fourth-order valence-electron chi connectivity index (χ4n) is 1.96. The first-order chi connectivity index (χ1) is 9.92. The van der Waals surface area contributed by atoms with E-state index >= 15 is 0 Å². The van der Waals surface area contributed by atoms with Crippen molar-refractivity contribution >= 4 is 33.0 Å². The van der Waals surface area contributed by atoms with Crippen LogP contribution < -0.4 is 10.5 Å². The van der Waals surface area contributed by atoms with E-state index in [9.17, 15) is 8.42 Å². The van der Waals surface area contributed by atoms with Gasteiger partial charge in [0.25, 0.3) is 10.0 Å². The van der Waals surface area contributed by atoms with Crippen LogP contribution in [0.25, 0.3) is 0 Å². The third-order valence-electron chi connectivity index (χ3n) is 2.99. The molecule has 0 atom stereocenters. The quantitative estimate of drug-likeness (QED) is 0.824. The maximum absolute atomic E-state index is 12.3. The molecule has 0 heterocycles. The van der Waals surface area contributed by atoms with Gasteiger partial charge >= 0.3 is 0 Å². The zero-order valence-corrected chi connectivity index (χ0v) is 13.2. The summed E-state index contributed by atoms with van der Waals surface area (Å²) in [5.41, 5.74) is 7.63. The number of hydrogen-bond acceptors (Lipinski definition) is 3. The largest absolute Gasteiger partial charge is 0.399 e. The van der Waals surface area contributed by atoms with E-state index in [2.05, 4.69) is 11.6 Å². The molecule has 21 heavy (non-hydrogen) atoms. The van der Waals surface area contributed by atoms with Crippen LogP contribution in [0.15, 0.2) is 47.4 Å². The molecule has 3 N–H and O–H groups in total. The molecule has 0 saturated carbocycles. The molecule has 2 aromatic carbocycles. The summed E-state index contributed by atoms with van der Waals surface area (Å²) < 4.78 is 27.2. The molecule has 2 rings (SSSR count). The number of aryl methyl sites for hydroxylation is 1. The minimum Gasteiger partial charge on any atom is -0.399 e. The van der Waals surface area contributed by atoms with E-state index in [-0.39, 0.29) is 9.92 Å². The zero-order chi connectivity index (χ0) is 15.5.